The van der Waals surface area contributed by atoms with Gasteiger partial charge < -0.3 is 0 Å². The van der Waals surface area contributed by atoms with Crippen LogP contribution < -0.4 is 25.9 Å². The maximum atomic E-state index is 2.63. The standard InChI is InChI=1S/C35H48Si3/c1-25-21-26(2)23-34(22-25)38(35(6)24-27(3)28(4)29(35)5,32-17-13-30(14-18-32)36(7,8)9)33-19-15-31(16-20-33)37(10,11)12/h13-24H,1-12H3. The molecule has 0 N–H and O–H groups in total. The molecule has 0 bridgehead atoms. The largest absolute Gasteiger partial charge is 0.161 e. The summed E-state index contributed by atoms with van der Waals surface area (Å²) < 4.78 is 0. The van der Waals surface area contributed by atoms with E-state index in [4.69, 9.17) is 0 Å². The minimum Gasteiger partial charge on any atom is -0.0730 e. The van der Waals surface area contributed by atoms with Crippen molar-refractivity contribution in [2.24, 2.45) is 0 Å². The van der Waals surface area contributed by atoms with Crippen LogP contribution in [0.3, 0.4) is 0 Å². The molecular weight excluding hydrogens is 505 g/mol. The molecule has 0 aromatic heterocycles. The molecule has 0 nitrogen and oxygen atoms in total. The van der Waals surface area contributed by atoms with Crippen molar-refractivity contribution in [1.82, 2.24) is 0 Å². The molecular formula is C35H48Si3. The molecule has 0 saturated heterocycles. The zero-order valence-corrected chi connectivity index (χ0v) is 28.9. The van der Waals surface area contributed by atoms with Crippen molar-refractivity contribution in [3.63, 3.8) is 0 Å². The molecule has 0 aliphatic heterocycles. The number of hydrogen-bond acceptors (Lipinski definition) is 0. The molecule has 1 aliphatic rings. The monoisotopic (exact) mass is 552 g/mol. The molecule has 3 heteroatoms. The first kappa shape index (κ1) is 28.8. The molecule has 200 valence electrons. The van der Waals surface area contributed by atoms with Gasteiger partial charge in [0.05, 0.1) is 16.1 Å². The highest BCUT2D eigenvalue weighted by Gasteiger charge is 2.56. The normalized spacial score (nSPS) is 18.7. The van der Waals surface area contributed by atoms with Crippen LogP contribution in [0.5, 0.6) is 0 Å². The van der Waals surface area contributed by atoms with E-state index in [9.17, 15) is 0 Å². The summed E-state index contributed by atoms with van der Waals surface area (Å²) >= 11 is 0. The van der Waals surface area contributed by atoms with E-state index in [1.54, 1.807) is 0 Å². The van der Waals surface area contributed by atoms with E-state index in [1.165, 1.54) is 53.8 Å². The topological polar surface area (TPSA) is 0 Å². The highest BCUT2D eigenvalue weighted by Crippen LogP contribution is 2.52. The lowest BCUT2D eigenvalue weighted by molar-refractivity contribution is 0.870. The molecule has 0 radical (unpaired) electrons. The quantitative estimate of drug-likeness (QED) is 0.230. The highest BCUT2D eigenvalue weighted by molar-refractivity contribution is 7.14. The Hall–Kier alpha value is -2.21. The summed E-state index contributed by atoms with van der Waals surface area (Å²) in [5.74, 6) is 0. The van der Waals surface area contributed by atoms with E-state index in [1.807, 2.05) is 0 Å². The summed E-state index contributed by atoms with van der Waals surface area (Å²) in [6, 6.07) is 27.2. The van der Waals surface area contributed by atoms with Gasteiger partial charge in [-0.3, -0.25) is 0 Å². The van der Waals surface area contributed by atoms with Crippen molar-refractivity contribution in [3.8, 4) is 0 Å². The molecule has 0 heterocycles. The fraction of sp³-hybridized carbons (Fsp3) is 0.371. The third-order valence-corrected chi connectivity index (χ3v) is 19.0. The molecule has 38 heavy (non-hydrogen) atoms. The van der Waals surface area contributed by atoms with Gasteiger partial charge in [0.2, 0.25) is 0 Å². The van der Waals surface area contributed by atoms with E-state index in [0.29, 0.717) is 0 Å². The second kappa shape index (κ2) is 9.76. The molecule has 3 aromatic carbocycles. The molecule has 0 saturated carbocycles. The maximum Gasteiger partial charge on any atom is 0.161 e. The number of benzene rings is 3. The summed E-state index contributed by atoms with van der Waals surface area (Å²) in [5, 5.41) is 7.56. The van der Waals surface area contributed by atoms with E-state index < -0.39 is 24.2 Å². The van der Waals surface area contributed by atoms with E-state index in [0.717, 1.165) is 0 Å². The van der Waals surface area contributed by atoms with Crippen molar-refractivity contribution in [2.45, 2.75) is 85.9 Å². The van der Waals surface area contributed by atoms with Gasteiger partial charge in [0, 0.05) is 5.04 Å². The van der Waals surface area contributed by atoms with Crippen LogP contribution >= 0.6 is 0 Å². The van der Waals surface area contributed by atoms with Crippen LogP contribution in [0.15, 0.2) is 89.5 Å². The van der Waals surface area contributed by atoms with Crippen LogP contribution in [-0.2, 0) is 0 Å². The van der Waals surface area contributed by atoms with Gasteiger partial charge in [-0.15, -0.1) is 0 Å². The highest BCUT2D eigenvalue weighted by atomic mass is 28.3. The first-order valence-corrected chi connectivity index (χ1v) is 23.2. The molecule has 1 aliphatic carbocycles. The minimum absolute atomic E-state index is 0.0667. The second-order valence-corrected chi connectivity index (χ2v) is 28.5. The lowest BCUT2D eigenvalue weighted by atomic mass is 10.0. The maximum absolute atomic E-state index is 2.63. The fourth-order valence-electron chi connectivity index (χ4n) is 6.76. The summed E-state index contributed by atoms with van der Waals surface area (Å²) in [6.07, 6.45) is 2.63. The Kier molecular flexibility index (Phi) is 7.40. The summed E-state index contributed by atoms with van der Waals surface area (Å²) in [5.41, 5.74) is 7.14. The van der Waals surface area contributed by atoms with Crippen LogP contribution in [-0.4, -0.2) is 24.2 Å². The number of hydrogen-bond donors (Lipinski definition) is 0. The van der Waals surface area contributed by atoms with Crippen LogP contribution in [0.4, 0.5) is 0 Å². The average Bonchev–Trinajstić information content (AvgIpc) is 3.01. The Balaban J connectivity index is 2.18. The van der Waals surface area contributed by atoms with Crippen LogP contribution in [0.2, 0.25) is 44.3 Å². The number of rotatable bonds is 6. The van der Waals surface area contributed by atoms with Gasteiger partial charge in [-0.05, 0) is 55.8 Å². The van der Waals surface area contributed by atoms with Crippen LogP contribution in [0.1, 0.15) is 38.8 Å². The minimum atomic E-state index is -2.59. The Morgan fingerprint density at radius 1 is 0.500 bits per heavy atom. The van der Waals surface area contributed by atoms with E-state index in [2.05, 4.69) is 154 Å². The Morgan fingerprint density at radius 3 is 1.18 bits per heavy atom. The zero-order valence-electron chi connectivity index (χ0n) is 25.9. The van der Waals surface area contributed by atoms with Gasteiger partial charge in [0.25, 0.3) is 0 Å². The molecule has 3 aromatic rings. The van der Waals surface area contributed by atoms with Crippen molar-refractivity contribution in [2.75, 3.05) is 0 Å². The lowest BCUT2D eigenvalue weighted by Gasteiger charge is -2.47. The molecule has 0 fully saturated rings. The summed E-state index contributed by atoms with van der Waals surface area (Å²) in [7, 11) is -5.41. The third-order valence-electron chi connectivity index (χ3n) is 9.24. The molecule has 0 amide bonds. The van der Waals surface area contributed by atoms with Crippen molar-refractivity contribution >= 4 is 50.2 Å². The molecule has 1 atom stereocenters. The molecule has 0 spiro atoms. The van der Waals surface area contributed by atoms with Gasteiger partial charge in [-0.1, -0.05) is 152 Å². The van der Waals surface area contributed by atoms with Gasteiger partial charge in [-0.25, -0.2) is 0 Å². The van der Waals surface area contributed by atoms with Gasteiger partial charge in [0.1, 0.15) is 0 Å². The number of allylic oxidation sites excluding steroid dienone is 4. The Labute approximate surface area is 236 Å². The average molecular weight is 553 g/mol. The van der Waals surface area contributed by atoms with Crippen molar-refractivity contribution in [1.29, 1.82) is 0 Å². The predicted molar refractivity (Wildman–Crippen MR) is 180 cm³/mol. The van der Waals surface area contributed by atoms with Crippen molar-refractivity contribution in [3.05, 3.63) is 101 Å². The molecule has 1 unspecified atom stereocenters. The van der Waals surface area contributed by atoms with Gasteiger partial charge >= 0.3 is 0 Å². The van der Waals surface area contributed by atoms with Crippen LogP contribution in [0.25, 0.3) is 0 Å². The number of aryl methyl sites for hydroxylation is 2. The second-order valence-electron chi connectivity index (χ2n) is 14.1. The predicted octanol–water partition coefficient (Wildman–Crippen LogP) is 6.92. The fourth-order valence-corrected chi connectivity index (χ4v) is 15.3. The summed E-state index contributed by atoms with van der Waals surface area (Å²) in [4.78, 5) is 0. The van der Waals surface area contributed by atoms with Crippen LogP contribution in [0, 0.1) is 13.8 Å². The van der Waals surface area contributed by atoms with E-state index >= 15 is 0 Å². The Morgan fingerprint density at radius 2 is 0.868 bits per heavy atom. The smallest absolute Gasteiger partial charge is 0.0730 e. The Bertz CT molecular complexity index is 1330. The first-order chi connectivity index (χ1) is 17.5. The third kappa shape index (κ3) is 4.71. The summed E-state index contributed by atoms with van der Waals surface area (Å²) in [6.45, 7) is 28.8. The first-order valence-electron chi connectivity index (χ1n) is 14.2. The lowest BCUT2D eigenvalue weighted by Crippen LogP contribution is -2.73. The van der Waals surface area contributed by atoms with E-state index in [-0.39, 0.29) is 5.04 Å². The SMILES string of the molecule is CC1=CC(C)([Si](c2ccc([Si](C)(C)C)cc2)(c2ccc([Si](C)(C)C)cc2)c2cc(C)cc(C)c2)C(C)=C1C. The molecule has 4 rings (SSSR count). The van der Waals surface area contributed by atoms with Crippen molar-refractivity contribution < 1.29 is 0 Å². The van der Waals surface area contributed by atoms with Gasteiger partial charge in [0.15, 0.2) is 8.07 Å². The zero-order chi connectivity index (χ0) is 28.3. The van der Waals surface area contributed by atoms with Gasteiger partial charge in [-0.2, -0.15) is 0 Å².